The number of nitrogens with one attached hydrogen (secondary N) is 1. The summed E-state index contributed by atoms with van der Waals surface area (Å²) in [6.07, 6.45) is -3.30. The van der Waals surface area contributed by atoms with Crippen LogP contribution in [-0.4, -0.2) is 12.5 Å². The third-order valence-corrected chi connectivity index (χ3v) is 3.91. The lowest BCUT2D eigenvalue weighted by Gasteiger charge is -2.13. The Hall–Kier alpha value is -2.57. The lowest BCUT2D eigenvalue weighted by atomic mass is 10.1. The summed E-state index contributed by atoms with van der Waals surface area (Å²) in [6, 6.07) is 10.0. The van der Waals surface area contributed by atoms with E-state index in [9.17, 15) is 22.4 Å². The molecule has 0 aromatic heterocycles. The molecular weight excluding hydrogens is 362 g/mol. The van der Waals surface area contributed by atoms with Crippen molar-refractivity contribution in [1.82, 2.24) is 5.32 Å². The molecule has 3 nitrogen and oxygen atoms in total. The van der Waals surface area contributed by atoms with Crippen LogP contribution in [0.15, 0.2) is 42.5 Å². The Morgan fingerprint density at radius 3 is 2.59 bits per heavy atom. The number of aryl methyl sites for hydroxylation is 1. The maximum absolute atomic E-state index is 13.1. The first kappa shape index (κ1) is 20.7. The Bertz CT molecular complexity index is 775. The Kier molecular flexibility index (Phi) is 7.21. The molecule has 0 spiro atoms. The number of carbonyl (C=O) groups excluding carboxylic acids is 1. The lowest BCUT2D eigenvalue weighted by Crippen LogP contribution is -2.24. The third-order valence-electron chi connectivity index (χ3n) is 3.91. The number of unbranched alkanes of at least 4 members (excludes halogenated alkanes) is 1. The van der Waals surface area contributed by atoms with Gasteiger partial charge in [-0.15, -0.1) is 0 Å². The van der Waals surface area contributed by atoms with Gasteiger partial charge in [0.2, 0.25) is 5.91 Å². The van der Waals surface area contributed by atoms with Crippen LogP contribution in [-0.2, 0) is 17.5 Å². The largest absolute Gasteiger partial charge is 0.494 e. The number of benzene rings is 2. The third kappa shape index (κ3) is 6.92. The van der Waals surface area contributed by atoms with Gasteiger partial charge in [-0.1, -0.05) is 18.2 Å². The molecule has 0 aliphatic heterocycles. The fourth-order valence-corrected chi connectivity index (χ4v) is 2.53. The molecule has 0 atom stereocenters. The number of ether oxygens (including phenoxy) is 1. The summed E-state index contributed by atoms with van der Waals surface area (Å²) in [6.45, 7) is 2.11. The van der Waals surface area contributed by atoms with Gasteiger partial charge in [-0.25, -0.2) is 4.39 Å². The van der Waals surface area contributed by atoms with Gasteiger partial charge in [0.05, 0.1) is 12.2 Å². The van der Waals surface area contributed by atoms with Gasteiger partial charge in [0.15, 0.2) is 0 Å². The molecule has 0 unspecified atom stereocenters. The van der Waals surface area contributed by atoms with Crippen molar-refractivity contribution in [2.75, 3.05) is 6.61 Å². The van der Waals surface area contributed by atoms with Crippen LogP contribution in [0.4, 0.5) is 17.6 Å². The van der Waals surface area contributed by atoms with E-state index in [1.807, 2.05) is 31.2 Å². The van der Waals surface area contributed by atoms with Gasteiger partial charge in [0.1, 0.15) is 11.6 Å². The van der Waals surface area contributed by atoms with Gasteiger partial charge in [0, 0.05) is 13.0 Å². The summed E-state index contributed by atoms with van der Waals surface area (Å²) in [5.74, 6) is -0.565. The molecule has 1 N–H and O–H groups in total. The average molecular weight is 383 g/mol. The first-order valence-corrected chi connectivity index (χ1v) is 8.57. The Morgan fingerprint density at radius 2 is 1.89 bits per heavy atom. The summed E-state index contributed by atoms with van der Waals surface area (Å²) < 4.78 is 57.4. The number of carbonyl (C=O) groups is 1. The predicted molar refractivity (Wildman–Crippen MR) is 93.8 cm³/mol. The highest BCUT2D eigenvalue weighted by atomic mass is 19.4. The van der Waals surface area contributed by atoms with Crippen molar-refractivity contribution < 1.29 is 27.1 Å². The van der Waals surface area contributed by atoms with Gasteiger partial charge in [0.25, 0.3) is 0 Å². The van der Waals surface area contributed by atoms with Crippen LogP contribution in [0, 0.1) is 12.7 Å². The number of hydrogen-bond acceptors (Lipinski definition) is 2. The predicted octanol–water partition coefficient (Wildman–Crippen LogP) is 5.02. The second-order valence-electron chi connectivity index (χ2n) is 6.20. The maximum atomic E-state index is 13.1. The molecule has 0 heterocycles. The summed E-state index contributed by atoms with van der Waals surface area (Å²) in [5.41, 5.74) is -0.153. The molecule has 7 heteroatoms. The van der Waals surface area contributed by atoms with Crippen LogP contribution in [0.25, 0.3) is 0 Å². The van der Waals surface area contributed by atoms with E-state index in [-0.39, 0.29) is 24.4 Å². The zero-order chi connectivity index (χ0) is 19.9. The molecule has 2 rings (SSSR count). The minimum absolute atomic E-state index is 0.167. The first-order valence-electron chi connectivity index (χ1n) is 8.57. The Morgan fingerprint density at radius 1 is 1.11 bits per heavy atom. The fourth-order valence-electron chi connectivity index (χ4n) is 2.53. The standard InChI is InChI=1S/C20H21F4NO2/c1-14-5-4-6-17(11-14)27-10-3-2-7-19(26)25-13-15-8-9-16(21)12-18(15)20(22,23)24/h4-6,8-9,11-12H,2-3,7,10,13H2,1H3,(H,25,26). The van der Waals surface area contributed by atoms with Crippen LogP contribution < -0.4 is 10.1 Å². The first-order chi connectivity index (χ1) is 12.8. The van der Waals surface area contributed by atoms with E-state index in [2.05, 4.69) is 5.32 Å². The molecule has 27 heavy (non-hydrogen) atoms. The number of halogens is 4. The van der Waals surface area contributed by atoms with E-state index in [1.54, 1.807) is 0 Å². The summed E-state index contributed by atoms with van der Waals surface area (Å²) in [7, 11) is 0. The quantitative estimate of drug-likeness (QED) is 0.514. The molecule has 0 saturated carbocycles. The van der Waals surface area contributed by atoms with E-state index in [4.69, 9.17) is 4.74 Å². The van der Waals surface area contributed by atoms with Gasteiger partial charge < -0.3 is 10.1 Å². The molecule has 0 saturated heterocycles. The van der Waals surface area contributed by atoms with Crippen LogP contribution in [0.5, 0.6) is 5.75 Å². The van der Waals surface area contributed by atoms with Crippen LogP contribution in [0.1, 0.15) is 36.0 Å². The molecule has 0 fully saturated rings. The Balaban J connectivity index is 1.72. The maximum Gasteiger partial charge on any atom is 0.416 e. The molecule has 0 aliphatic carbocycles. The Labute approximate surface area is 155 Å². The van der Waals surface area contributed by atoms with Gasteiger partial charge in [-0.3, -0.25) is 4.79 Å². The van der Waals surface area contributed by atoms with Gasteiger partial charge in [-0.05, 0) is 55.2 Å². The SMILES string of the molecule is Cc1cccc(OCCCCC(=O)NCc2ccc(F)cc2C(F)(F)F)c1. The van der Waals surface area contributed by atoms with E-state index >= 15 is 0 Å². The molecule has 2 aromatic carbocycles. The van der Waals surface area contributed by atoms with Crippen molar-refractivity contribution in [1.29, 1.82) is 0 Å². The van der Waals surface area contributed by atoms with Crippen molar-refractivity contribution >= 4 is 5.91 Å². The summed E-state index contributed by atoms with van der Waals surface area (Å²) in [5, 5.41) is 2.44. The van der Waals surface area contributed by atoms with E-state index < -0.39 is 17.6 Å². The second-order valence-corrected chi connectivity index (χ2v) is 6.20. The van der Waals surface area contributed by atoms with Crippen molar-refractivity contribution in [3.8, 4) is 5.75 Å². The number of rotatable bonds is 8. The molecule has 2 aromatic rings. The highest BCUT2D eigenvalue weighted by molar-refractivity contribution is 5.75. The molecule has 0 radical (unpaired) electrons. The van der Waals surface area contributed by atoms with Crippen LogP contribution in [0.2, 0.25) is 0 Å². The lowest BCUT2D eigenvalue weighted by molar-refractivity contribution is -0.138. The van der Waals surface area contributed by atoms with Crippen LogP contribution >= 0.6 is 0 Å². The van der Waals surface area contributed by atoms with Crippen molar-refractivity contribution in [2.24, 2.45) is 0 Å². The normalized spacial score (nSPS) is 11.3. The zero-order valence-corrected chi connectivity index (χ0v) is 14.9. The fraction of sp³-hybridized carbons (Fsp3) is 0.350. The molecular formula is C20H21F4NO2. The monoisotopic (exact) mass is 383 g/mol. The van der Waals surface area contributed by atoms with Gasteiger partial charge >= 0.3 is 6.18 Å². The van der Waals surface area contributed by atoms with Crippen molar-refractivity contribution in [2.45, 2.75) is 38.9 Å². The number of hydrogen-bond donors (Lipinski definition) is 1. The molecule has 0 bridgehead atoms. The van der Waals surface area contributed by atoms with E-state index in [1.165, 1.54) is 0 Å². The average Bonchev–Trinajstić information content (AvgIpc) is 2.59. The molecule has 0 aliphatic rings. The van der Waals surface area contributed by atoms with Gasteiger partial charge in [-0.2, -0.15) is 13.2 Å². The summed E-state index contributed by atoms with van der Waals surface area (Å²) in [4.78, 5) is 11.8. The molecule has 1 amide bonds. The van der Waals surface area contributed by atoms with E-state index in [0.29, 0.717) is 25.5 Å². The smallest absolute Gasteiger partial charge is 0.416 e. The van der Waals surface area contributed by atoms with Crippen LogP contribution in [0.3, 0.4) is 0 Å². The highest BCUT2D eigenvalue weighted by Crippen LogP contribution is 2.32. The second kappa shape index (κ2) is 9.39. The van der Waals surface area contributed by atoms with Crippen molar-refractivity contribution in [3.05, 3.63) is 65.0 Å². The minimum Gasteiger partial charge on any atom is -0.494 e. The topological polar surface area (TPSA) is 38.3 Å². The molecule has 146 valence electrons. The number of alkyl halides is 3. The van der Waals surface area contributed by atoms with Crippen molar-refractivity contribution in [3.63, 3.8) is 0 Å². The summed E-state index contributed by atoms with van der Waals surface area (Å²) >= 11 is 0. The number of amides is 1. The zero-order valence-electron chi connectivity index (χ0n) is 14.9. The minimum atomic E-state index is -4.67. The highest BCUT2D eigenvalue weighted by Gasteiger charge is 2.33. The van der Waals surface area contributed by atoms with E-state index in [0.717, 1.165) is 23.4 Å².